The smallest absolute Gasteiger partial charge is 0.254 e. The van der Waals surface area contributed by atoms with E-state index in [0.717, 1.165) is 36.8 Å². The first-order chi connectivity index (χ1) is 11.7. The van der Waals surface area contributed by atoms with Gasteiger partial charge in [-0.3, -0.25) is 9.69 Å². The summed E-state index contributed by atoms with van der Waals surface area (Å²) in [7, 11) is 0. The summed E-state index contributed by atoms with van der Waals surface area (Å²) in [4.78, 5) is 17.9. The molecule has 1 amide bonds. The third-order valence-electron chi connectivity index (χ3n) is 5.30. The fraction of sp³-hybridized carbons (Fsp3) is 0.381. The number of aryl methyl sites for hydroxylation is 1. The molecule has 2 aliphatic rings. The van der Waals surface area contributed by atoms with Gasteiger partial charge in [0.2, 0.25) is 0 Å². The van der Waals surface area contributed by atoms with Gasteiger partial charge in [0.1, 0.15) is 0 Å². The lowest BCUT2D eigenvalue weighted by Crippen LogP contribution is -2.51. The molecular formula is C21H24N2O. The van der Waals surface area contributed by atoms with Crippen molar-refractivity contribution in [3.63, 3.8) is 0 Å². The van der Waals surface area contributed by atoms with Crippen LogP contribution in [0, 0.1) is 6.92 Å². The molecule has 2 aromatic carbocycles. The molecule has 1 heterocycles. The van der Waals surface area contributed by atoms with E-state index in [1.54, 1.807) is 0 Å². The maximum Gasteiger partial charge on any atom is 0.254 e. The Morgan fingerprint density at radius 3 is 2.38 bits per heavy atom. The Balaban J connectivity index is 1.64. The van der Waals surface area contributed by atoms with Gasteiger partial charge in [-0.2, -0.15) is 0 Å². The highest BCUT2D eigenvalue weighted by Gasteiger charge is 2.38. The van der Waals surface area contributed by atoms with E-state index < -0.39 is 0 Å². The second-order valence-corrected chi connectivity index (χ2v) is 6.97. The van der Waals surface area contributed by atoms with Crippen molar-refractivity contribution in [2.75, 3.05) is 19.6 Å². The first kappa shape index (κ1) is 15.4. The Kier molecular flexibility index (Phi) is 4.11. The van der Waals surface area contributed by atoms with E-state index in [-0.39, 0.29) is 11.9 Å². The van der Waals surface area contributed by atoms with Crippen LogP contribution in [0.1, 0.15) is 40.4 Å². The average molecular weight is 320 g/mol. The van der Waals surface area contributed by atoms with E-state index in [4.69, 9.17) is 0 Å². The Morgan fingerprint density at radius 1 is 0.958 bits per heavy atom. The van der Waals surface area contributed by atoms with Gasteiger partial charge in [0.25, 0.3) is 5.91 Å². The number of rotatable bonds is 3. The van der Waals surface area contributed by atoms with E-state index in [1.165, 1.54) is 18.4 Å². The molecule has 0 N–H and O–H groups in total. The largest absolute Gasteiger partial charge is 0.329 e. The molecule has 1 atom stereocenters. The van der Waals surface area contributed by atoms with Crippen molar-refractivity contribution in [3.8, 4) is 0 Å². The summed E-state index contributed by atoms with van der Waals surface area (Å²) in [6.07, 6.45) is 2.63. The number of carbonyl (C=O) groups is 1. The molecule has 2 fully saturated rings. The number of piperazine rings is 1. The van der Waals surface area contributed by atoms with Crippen molar-refractivity contribution in [2.24, 2.45) is 0 Å². The van der Waals surface area contributed by atoms with Gasteiger partial charge in [-0.05, 0) is 37.0 Å². The fourth-order valence-corrected chi connectivity index (χ4v) is 3.75. The van der Waals surface area contributed by atoms with Gasteiger partial charge in [-0.1, -0.05) is 48.5 Å². The topological polar surface area (TPSA) is 23.6 Å². The third-order valence-corrected chi connectivity index (χ3v) is 5.30. The molecule has 0 bridgehead atoms. The first-order valence-electron chi connectivity index (χ1n) is 8.89. The predicted octanol–water partition coefficient (Wildman–Crippen LogP) is 3.66. The van der Waals surface area contributed by atoms with E-state index in [0.29, 0.717) is 0 Å². The zero-order chi connectivity index (χ0) is 16.5. The summed E-state index contributed by atoms with van der Waals surface area (Å²) in [5.41, 5.74) is 3.13. The Hall–Kier alpha value is -2.13. The first-order valence-corrected chi connectivity index (χ1v) is 8.89. The van der Waals surface area contributed by atoms with Gasteiger partial charge in [0.05, 0.1) is 6.04 Å². The highest BCUT2D eigenvalue weighted by atomic mass is 16.2. The normalized spacial score (nSPS) is 21.7. The standard InChI is InChI=1S/C21H24N2O/c1-16-7-5-6-10-19(16)21(24)23-14-13-22(18-11-12-18)15-20(23)17-8-3-2-4-9-17/h2-10,18,20H,11-15H2,1H3. The number of amides is 1. The Morgan fingerprint density at radius 2 is 1.67 bits per heavy atom. The SMILES string of the molecule is Cc1ccccc1C(=O)N1CCN(C2CC2)CC1c1ccccc1. The molecule has 3 nitrogen and oxygen atoms in total. The lowest BCUT2D eigenvalue weighted by atomic mass is 9.99. The van der Waals surface area contributed by atoms with Crippen molar-refractivity contribution in [3.05, 3.63) is 71.3 Å². The minimum atomic E-state index is 0.146. The average Bonchev–Trinajstić information content (AvgIpc) is 3.47. The molecular weight excluding hydrogens is 296 g/mol. The van der Waals surface area contributed by atoms with Crippen LogP contribution >= 0.6 is 0 Å². The summed E-state index contributed by atoms with van der Waals surface area (Å²) >= 11 is 0. The van der Waals surface area contributed by atoms with Gasteiger partial charge >= 0.3 is 0 Å². The molecule has 4 rings (SSSR count). The van der Waals surface area contributed by atoms with Gasteiger partial charge in [-0.15, -0.1) is 0 Å². The molecule has 0 radical (unpaired) electrons. The zero-order valence-electron chi connectivity index (χ0n) is 14.2. The summed E-state index contributed by atoms with van der Waals surface area (Å²) in [5.74, 6) is 0.164. The summed E-state index contributed by atoms with van der Waals surface area (Å²) < 4.78 is 0. The highest BCUT2D eigenvalue weighted by molar-refractivity contribution is 5.96. The molecule has 2 aromatic rings. The van der Waals surface area contributed by atoms with E-state index in [1.807, 2.05) is 37.3 Å². The molecule has 0 aromatic heterocycles. The molecule has 1 saturated carbocycles. The molecule has 3 heteroatoms. The van der Waals surface area contributed by atoms with Gasteiger partial charge < -0.3 is 4.90 Å². The summed E-state index contributed by atoms with van der Waals surface area (Å²) in [6.45, 7) is 4.77. The van der Waals surface area contributed by atoms with Crippen LogP contribution in [0.3, 0.4) is 0 Å². The van der Waals surface area contributed by atoms with Gasteiger partial charge in [-0.25, -0.2) is 0 Å². The zero-order valence-corrected chi connectivity index (χ0v) is 14.2. The lowest BCUT2D eigenvalue weighted by molar-refractivity contribution is 0.0432. The molecule has 24 heavy (non-hydrogen) atoms. The van der Waals surface area contributed by atoms with Crippen LogP contribution in [0.2, 0.25) is 0 Å². The monoisotopic (exact) mass is 320 g/mol. The van der Waals surface area contributed by atoms with E-state index >= 15 is 0 Å². The predicted molar refractivity (Wildman–Crippen MR) is 96.0 cm³/mol. The number of hydrogen-bond donors (Lipinski definition) is 0. The van der Waals surface area contributed by atoms with Crippen molar-refractivity contribution in [1.82, 2.24) is 9.80 Å². The number of carbonyl (C=O) groups excluding carboxylic acids is 1. The van der Waals surface area contributed by atoms with Gasteiger partial charge in [0, 0.05) is 31.2 Å². The van der Waals surface area contributed by atoms with Crippen LogP contribution in [-0.4, -0.2) is 41.4 Å². The minimum absolute atomic E-state index is 0.146. The quantitative estimate of drug-likeness (QED) is 0.862. The van der Waals surface area contributed by atoms with Crippen molar-refractivity contribution in [2.45, 2.75) is 31.8 Å². The van der Waals surface area contributed by atoms with Crippen LogP contribution in [-0.2, 0) is 0 Å². The third kappa shape index (κ3) is 2.96. The van der Waals surface area contributed by atoms with Crippen LogP contribution in [0.15, 0.2) is 54.6 Å². The second-order valence-electron chi connectivity index (χ2n) is 6.97. The van der Waals surface area contributed by atoms with Crippen LogP contribution in [0.25, 0.3) is 0 Å². The lowest BCUT2D eigenvalue weighted by Gasteiger charge is -2.42. The second kappa shape index (κ2) is 6.40. The van der Waals surface area contributed by atoms with Crippen molar-refractivity contribution < 1.29 is 4.79 Å². The Labute approximate surface area is 143 Å². The maximum absolute atomic E-state index is 13.2. The number of hydrogen-bond acceptors (Lipinski definition) is 2. The summed E-state index contributed by atoms with van der Waals surface area (Å²) in [5, 5.41) is 0. The molecule has 124 valence electrons. The van der Waals surface area contributed by atoms with Crippen molar-refractivity contribution >= 4 is 5.91 Å². The summed E-state index contributed by atoms with van der Waals surface area (Å²) in [6, 6.07) is 19.3. The minimum Gasteiger partial charge on any atom is -0.329 e. The Bertz CT molecular complexity index is 724. The molecule has 1 saturated heterocycles. The molecule has 1 aliphatic carbocycles. The van der Waals surface area contributed by atoms with Crippen molar-refractivity contribution in [1.29, 1.82) is 0 Å². The van der Waals surface area contributed by atoms with Crippen LogP contribution in [0.5, 0.6) is 0 Å². The van der Waals surface area contributed by atoms with Crippen LogP contribution in [0.4, 0.5) is 0 Å². The molecule has 0 spiro atoms. The fourth-order valence-electron chi connectivity index (χ4n) is 3.75. The van der Waals surface area contributed by atoms with Gasteiger partial charge in [0.15, 0.2) is 0 Å². The molecule has 1 unspecified atom stereocenters. The number of benzene rings is 2. The maximum atomic E-state index is 13.2. The molecule has 1 aliphatic heterocycles. The van der Waals surface area contributed by atoms with E-state index in [9.17, 15) is 4.79 Å². The number of nitrogens with zero attached hydrogens (tertiary/aromatic N) is 2. The van der Waals surface area contributed by atoms with E-state index in [2.05, 4.69) is 34.1 Å². The highest BCUT2D eigenvalue weighted by Crippen LogP contribution is 2.34. The van der Waals surface area contributed by atoms with Crippen LogP contribution < -0.4 is 0 Å².